The van der Waals surface area contributed by atoms with Gasteiger partial charge in [-0.25, -0.2) is 4.98 Å². The molecule has 0 N–H and O–H groups in total. The monoisotopic (exact) mass is 381 g/mol. The van der Waals surface area contributed by atoms with Crippen LogP contribution in [0.25, 0.3) is 10.2 Å². The fourth-order valence-electron chi connectivity index (χ4n) is 3.30. The van der Waals surface area contributed by atoms with E-state index in [2.05, 4.69) is 11.0 Å². The number of hydrogen-bond acceptors (Lipinski definition) is 5. The topological polar surface area (TPSA) is 45.7 Å². The van der Waals surface area contributed by atoms with E-state index in [0.29, 0.717) is 13.0 Å². The molecule has 1 amide bonds. The number of aromatic nitrogens is 1. The molecule has 1 aliphatic rings. The molecule has 1 saturated heterocycles. The minimum absolute atomic E-state index is 0.183. The summed E-state index contributed by atoms with van der Waals surface area (Å²) in [5, 5.41) is 1.05. The molecule has 1 aliphatic heterocycles. The molecule has 0 spiro atoms. The van der Waals surface area contributed by atoms with Gasteiger partial charge in [0.2, 0.25) is 5.91 Å². The van der Waals surface area contributed by atoms with Crippen LogP contribution < -0.4 is 9.64 Å². The van der Waals surface area contributed by atoms with Crippen molar-refractivity contribution in [1.29, 1.82) is 0 Å². The van der Waals surface area contributed by atoms with Crippen molar-refractivity contribution in [3.8, 4) is 5.75 Å². The minimum atomic E-state index is 0.183. The van der Waals surface area contributed by atoms with Crippen LogP contribution in [0.1, 0.15) is 12.5 Å². The van der Waals surface area contributed by atoms with E-state index in [-0.39, 0.29) is 5.91 Å². The number of hydrogen-bond donors (Lipinski definition) is 0. The van der Waals surface area contributed by atoms with Crippen LogP contribution in [0.3, 0.4) is 0 Å². The third kappa shape index (κ3) is 4.06. The van der Waals surface area contributed by atoms with Crippen LogP contribution in [-0.2, 0) is 11.2 Å². The summed E-state index contributed by atoms with van der Waals surface area (Å²) in [7, 11) is 0. The maximum Gasteiger partial charge on any atom is 0.227 e. The van der Waals surface area contributed by atoms with Gasteiger partial charge in [-0.1, -0.05) is 35.6 Å². The zero-order chi connectivity index (χ0) is 18.6. The normalized spacial score (nSPS) is 14.6. The van der Waals surface area contributed by atoms with Gasteiger partial charge >= 0.3 is 0 Å². The summed E-state index contributed by atoms with van der Waals surface area (Å²) < 4.78 is 6.66. The van der Waals surface area contributed by atoms with Gasteiger partial charge in [0, 0.05) is 26.2 Å². The number of benzene rings is 2. The number of carbonyl (C=O) groups excluding carboxylic acids is 1. The summed E-state index contributed by atoms with van der Waals surface area (Å²) in [5.41, 5.74) is 2.07. The van der Waals surface area contributed by atoms with Crippen molar-refractivity contribution in [3.05, 3.63) is 54.1 Å². The Hall–Kier alpha value is -2.60. The van der Waals surface area contributed by atoms with Crippen LogP contribution >= 0.6 is 11.3 Å². The lowest BCUT2D eigenvalue weighted by molar-refractivity contribution is -0.130. The number of ether oxygens (including phenoxy) is 1. The second kappa shape index (κ2) is 7.96. The first-order valence-electron chi connectivity index (χ1n) is 9.33. The zero-order valence-electron chi connectivity index (χ0n) is 15.4. The van der Waals surface area contributed by atoms with Crippen LogP contribution in [0, 0.1) is 0 Å². The van der Waals surface area contributed by atoms with Crippen LogP contribution in [-0.4, -0.2) is 48.6 Å². The molecule has 27 heavy (non-hydrogen) atoms. The summed E-state index contributed by atoms with van der Waals surface area (Å²) in [5.74, 6) is 1.03. The number of anilines is 1. The Kier molecular flexibility index (Phi) is 5.25. The molecule has 2 aromatic carbocycles. The smallest absolute Gasteiger partial charge is 0.227 e. The lowest BCUT2D eigenvalue weighted by Crippen LogP contribution is -2.49. The highest BCUT2D eigenvalue weighted by molar-refractivity contribution is 7.22. The van der Waals surface area contributed by atoms with Gasteiger partial charge in [-0.2, -0.15) is 0 Å². The van der Waals surface area contributed by atoms with Crippen LogP contribution in [0.15, 0.2) is 48.5 Å². The number of fused-ring (bicyclic) bond motifs is 1. The highest BCUT2D eigenvalue weighted by atomic mass is 32.1. The van der Waals surface area contributed by atoms with Crippen molar-refractivity contribution in [2.24, 2.45) is 0 Å². The van der Waals surface area contributed by atoms with E-state index in [1.54, 1.807) is 11.3 Å². The molecule has 2 heterocycles. The highest BCUT2D eigenvalue weighted by Gasteiger charge is 2.23. The van der Waals surface area contributed by atoms with E-state index in [1.807, 2.05) is 54.3 Å². The molecule has 1 fully saturated rings. The number of nitrogens with zero attached hydrogens (tertiary/aromatic N) is 3. The van der Waals surface area contributed by atoms with Gasteiger partial charge in [0.05, 0.1) is 23.2 Å². The standard InChI is InChI=1S/C21H23N3O2S/c1-2-26-17-9-7-16(8-10-17)15-20(25)23-11-13-24(14-12-23)21-22-18-5-3-4-6-19(18)27-21/h3-10H,2,11-15H2,1H3. The van der Waals surface area contributed by atoms with Crippen LogP contribution in [0.2, 0.25) is 0 Å². The Balaban J connectivity index is 1.33. The van der Waals surface area contributed by atoms with Gasteiger partial charge in [0.1, 0.15) is 5.75 Å². The first kappa shape index (κ1) is 17.8. The minimum Gasteiger partial charge on any atom is -0.494 e. The molecule has 6 heteroatoms. The second-order valence-electron chi connectivity index (χ2n) is 6.59. The average molecular weight is 382 g/mol. The molecule has 0 unspecified atom stereocenters. The summed E-state index contributed by atoms with van der Waals surface area (Å²) in [6, 6.07) is 16.0. The van der Waals surface area contributed by atoms with Crippen molar-refractivity contribution in [2.45, 2.75) is 13.3 Å². The quantitative estimate of drug-likeness (QED) is 0.678. The number of rotatable bonds is 5. The fraction of sp³-hybridized carbons (Fsp3) is 0.333. The molecule has 140 valence electrons. The molecule has 1 aromatic heterocycles. The van der Waals surface area contributed by atoms with E-state index in [9.17, 15) is 4.79 Å². The van der Waals surface area contributed by atoms with E-state index >= 15 is 0 Å². The van der Waals surface area contributed by atoms with E-state index in [4.69, 9.17) is 9.72 Å². The van der Waals surface area contributed by atoms with Gasteiger partial charge in [-0.3, -0.25) is 4.79 Å². The second-order valence-corrected chi connectivity index (χ2v) is 7.59. The molecular weight excluding hydrogens is 358 g/mol. The molecule has 0 atom stereocenters. The predicted octanol–water partition coefficient (Wildman–Crippen LogP) is 3.59. The number of thiazole rings is 1. The summed E-state index contributed by atoms with van der Waals surface area (Å²) >= 11 is 1.72. The molecule has 4 rings (SSSR count). The lowest BCUT2D eigenvalue weighted by atomic mass is 10.1. The van der Waals surface area contributed by atoms with E-state index in [0.717, 1.165) is 48.1 Å². The van der Waals surface area contributed by atoms with Crippen LogP contribution in [0.5, 0.6) is 5.75 Å². The Labute approximate surface area is 163 Å². The molecule has 0 bridgehead atoms. The molecular formula is C21H23N3O2S. The van der Waals surface area contributed by atoms with Gasteiger partial charge < -0.3 is 14.5 Å². The average Bonchev–Trinajstić information content (AvgIpc) is 3.14. The molecule has 5 nitrogen and oxygen atoms in total. The van der Waals surface area contributed by atoms with Gasteiger partial charge in [-0.05, 0) is 36.8 Å². The number of para-hydroxylation sites is 1. The van der Waals surface area contributed by atoms with Crippen molar-refractivity contribution >= 4 is 32.6 Å². The Morgan fingerprint density at radius 2 is 1.81 bits per heavy atom. The summed E-state index contributed by atoms with van der Waals surface area (Å²) in [6.07, 6.45) is 0.438. The molecule has 0 radical (unpaired) electrons. The van der Waals surface area contributed by atoms with Gasteiger partial charge in [0.15, 0.2) is 5.13 Å². The van der Waals surface area contributed by atoms with E-state index in [1.165, 1.54) is 4.70 Å². The number of piperazine rings is 1. The molecule has 0 saturated carbocycles. The van der Waals surface area contributed by atoms with Crippen molar-refractivity contribution in [3.63, 3.8) is 0 Å². The van der Waals surface area contributed by atoms with Crippen LogP contribution in [0.4, 0.5) is 5.13 Å². The van der Waals surface area contributed by atoms with Gasteiger partial charge in [-0.15, -0.1) is 0 Å². The summed E-state index contributed by atoms with van der Waals surface area (Å²) in [4.78, 5) is 21.6. The lowest BCUT2D eigenvalue weighted by Gasteiger charge is -2.34. The fourth-order valence-corrected chi connectivity index (χ4v) is 4.32. The third-order valence-corrected chi connectivity index (χ3v) is 5.87. The van der Waals surface area contributed by atoms with Crippen molar-refractivity contribution in [1.82, 2.24) is 9.88 Å². The maximum atomic E-state index is 12.6. The Morgan fingerprint density at radius 3 is 2.52 bits per heavy atom. The number of amides is 1. The first-order chi connectivity index (χ1) is 13.2. The molecule has 3 aromatic rings. The summed E-state index contributed by atoms with van der Waals surface area (Å²) in [6.45, 7) is 5.75. The van der Waals surface area contributed by atoms with E-state index < -0.39 is 0 Å². The molecule has 0 aliphatic carbocycles. The predicted molar refractivity (Wildman–Crippen MR) is 110 cm³/mol. The SMILES string of the molecule is CCOc1ccc(CC(=O)N2CCN(c3nc4ccccc4s3)CC2)cc1. The van der Waals surface area contributed by atoms with Crippen molar-refractivity contribution in [2.75, 3.05) is 37.7 Å². The maximum absolute atomic E-state index is 12.6. The van der Waals surface area contributed by atoms with Gasteiger partial charge in [0.25, 0.3) is 0 Å². The first-order valence-corrected chi connectivity index (χ1v) is 10.1. The van der Waals surface area contributed by atoms with Crippen molar-refractivity contribution < 1.29 is 9.53 Å². The largest absolute Gasteiger partial charge is 0.494 e. The Morgan fingerprint density at radius 1 is 1.07 bits per heavy atom. The third-order valence-electron chi connectivity index (χ3n) is 4.78. The zero-order valence-corrected chi connectivity index (χ0v) is 16.2. The number of carbonyl (C=O) groups is 1. The Bertz CT molecular complexity index is 882. The highest BCUT2D eigenvalue weighted by Crippen LogP contribution is 2.29.